The Morgan fingerprint density at radius 2 is 1.29 bits per heavy atom. The third-order valence-corrected chi connectivity index (χ3v) is 8.28. The predicted molar refractivity (Wildman–Crippen MR) is 135 cm³/mol. The zero-order chi connectivity index (χ0) is 24.0. The largest absolute Gasteiger partial charge is 0.284 e. The van der Waals surface area contributed by atoms with Crippen LogP contribution >= 0.6 is 23.2 Å². The standard InChI is InChI=1S/C26H20Cl2N2O3S/c1-17-4-2-5-22(16-17)34(32,33)30-23-6-3-7-24(31)29(23)25(18-8-12-20(27)13-9-18)26(30)19-10-14-21(28)15-11-19/h2-16,25-26H,1H3. The van der Waals surface area contributed by atoms with Gasteiger partial charge in [-0.05, 0) is 66.1 Å². The second-order valence-corrected chi connectivity index (χ2v) is 10.9. The van der Waals surface area contributed by atoms with Crippen molar-refractivity contribution in [3.05, 3.63) is 128 Å². The minimum absolute atomic E-state index is 0.158. The molecule has 0 aliphatic carbocycles. The fourth-order valence-corrected chi connectivity index (χ4v) is 6.49. The zero-order valence-corrected chi connectivity index (χ0v) is 20.4. The lowest BCUT2D eigenvalue weighted by atomic mass is 9.94. The average molecular weight is 511 g/mol. The molecule has 1 aliphatic heterocycles. The van der Waals surface area contributed by atoms with Crippen molar-refractivity contribution >= 4 is 39.0 Å². The van der Waals surface area contributed by atoms with Gasteiger partial charge in [-0.3, -0.25) is 9.36 Å². The van der Waals surface area contributed by atoms with Crippen LogP contribution in [-0.2, 0) is 10.0 Å². The molecular weight excluding hydrogens is 491 g/mol. The molecule has 5 nitrogen and oxygen atoms in total. The zero-order valence-electron chi connectivity index (χ0n) is 18.1. The number of hydrogen-bond acceptors (Lipinski definition) is 3. The van der Waals surface area contributed by atoms with Crippen LogP contribution in [0.3, 0.4) is 0 Å². The second kappa shape index (κ2) is 8.62. The number of benzene rings is 3. The van der Waals surface area contributed by atoms with Crippen LogP contribution in [0.25, 0.3) is 0 Å². The molecule has 172 valence electrons. The number of fused-ring (bicyclic) bond motifs is 1. The molecule has 2 atom stereocenters. The number of sulfonamides is 1. The average Bonchev–Trinajstić information content (AvgIpc) is 3.17. The first-order valence-electron chi connectivity index (χ1n) is 10.6. The number of halogens is 2. The van der Waals surface area contributed by atoms with Gasteiger partial charge >= 0.3 is 0 Å². The fraction of sp³-hybridized carbons (Fsp3) is 0.115. The Balaban J connectivity index is 1.82. The number of pyridine rings is 1. The van der Waals surface area contributed by atoms with Crippen LogP contribution in [0, 0.1) is 6.92 Å². The van der Waals surface area contributed by atoms with E-state index in [4.69, 9.17) is 23.2 Å². The summed E-state index contributed by atoms with van der Waals surface area (Å²) in [5.41, 5.74) is 2.01. The van der Waals surface area contributed by atoms with Gasteiger partial charge in [-0.15, -0.1) is 0 Å². The van der Waals surface area contributed by atoms with E-state index >= 15 is 0 Å². The maximum atomic E-state index is 14.1. The number of nitrogens with zero attached hydrogens (tertiary/aromatic N) is 2. The van der Waals surface area contributed by atoms with E-state index in [1.807, 2.05) is 25.1 Å². The summed E-state index contributed by atoms with van der Waals surface area (Å²) in [7, 11) is -4.03. The summed E-state index contributed by atoms with van der Waals surface area (Å²) in [6.45, 7) is 1.84. The van der Waals surface area contributed by atoms with Gasteiger partial charge in [0.25, 0.3) is 15.6 Å². The SMILES string of the molecule is Cc1cccc(S(=O)(=O)N2c3cccc(=O)n3C(c3ccc(Cl)cc3)C2c2ccc(Cl)cc2)c1. The Morgan fingerprint density at radius 3 is 1.88 bits per heavy atom. The molecule has 0 saturated heterocycles. The van der Waals surface area contributed by atoms with Crippen LogP contribution in [0.4, 0.5) is 5.82 Å². The maximum absolute atomic E-state index is 14.1. The molecule has 0 radical (unpaired) electrons. The first-order chi connectivity index (χ1) is 16.3. The lowest BCUT2D eigenvalue weighted by Gasteiger charge is -2.29. The summed E-state index contributed by atoms with van der Waals surface area (Å²) < 4.78 is 31.1. The van der Waals surface area contributed by atoms with E-state index in [9.17, 15) is 13.2 Å². The number of anilines is 1. The van der Waals surface area contributed by atoms with Crippen molar-refractivity contribution in [1.82, 2.24) is 4.57 Å². The number of rotatable bonds is 4. The molecule has 0 N–H and O–H groups in total. The molecule has 2 unspecified atom stereocenters. The first-order valence-corrected chi connectivity index (χ1v) is 12.8. The van der Waals surface area contributed by atoms with Gasteiger partial charge in [0.1, 0.15) is 5.82 Å². The lowest BCUT2D eigenvalue weighted by molar-refractivity contribution is 0.529. The summed E-state index contributed by atoms with van der Waals surface area (Å²) in [5, 5.41) is 1.09. The van der Waals surface area contributed by atoms with Crippen LogP contribution in [0.2, 0.25) is 10.0 Å². The normalized spacial score (nSPS) is 17.6. The Morgan fingerprint density at radius 1 is 0.735 bits per heavy atom. The molecule has 0 spiro atoms. The van der Waals surface area contributed by atoms with Gasteiger partial charge in [-0.2, -0.15) is 0 Å². The monoisotopic (exact) mass is 510 g/mol. The third-order valence-electron chi connectivity index (χ3n) is 5.99. The van der Waals surface area contributed by atoms with E-state index in [2.05, 4.69) is 0 Å². The van der Waals surface area contributed by atoms with Crippen LogP contribution < -0.4 is 9.86 Å². The van der Waals surface area contributed by atoms with Crippen molar-refractivity contribution in [2.45, 2.75) is 23.9 Å². The van der Waals surface area contributed by atoms with Crippen LogP contribution in [-0.4, -0.2) is 13.0 Å². The summed E-state index contributed by atoms with van der Waals surface area (Å²) in [6, 6.07) is 24.3. The molecule has 2 heterocycles. The molecule has 0 fully saturated rings. The van der Waals surface area contributed by atoms with Crippen molar-refractivity contribution in [3.8, 4) is 0 Å². The Bertz CT molecular complexity index is 1530. The fourth-order valence-electron chi connectivity index (χ4n) is 4.49. The summed E-state index contributed by atoms with van der Waals surface area (Å²) >= 11 is 12.3. The number of aromatic nitrogens is 1. The minimum atomic E-state index is -4.03. The summed E-state index contributed by atoms with van der Waals surface area (Å²) in [5.74, 6) is 0.300. The minimum Gasteiger partial charge on any atom is -0.284 e. The molecule has 1 aromatic heterocycles. The smallest absolute Gasteiger partial charge is 0.266 e. The van der Waals surface area contributed by atoms with Gasteiger partial charge in [0.2, 0.25) is 0 Å². The topological polar surface area (TPSA) is 59.4 Å². The highest BCUT2D eigenvalue weighted by atomic mass is 35.5. The van der Waals surface area contributed by atoms with Crippen LogP contribution in [0.5, 0.6) is 0 Å². The Kier molecular flexibility index (Phi) is 5.76. The van der Waals surface area contributed by atoms with Gasteiger partial charge in [-0.1, -0.05) is 65.7 Å². The molecule has 4 aromatic rings. The molecule has 34 heavy (non-hydrogen) atoms. The molecule has 3 aromatic carbocycles. The van der Waals surface area contributed by atoms with E-state index < -0.39 is 22.1 Å². The van der Waals surface area contributed by atoms with Gasteiger partial charge in [0.15, 0.2) is 0 Å². The van der Waals surface area contributed by atoms with E-state index in [0.717, 1.165) is 11.1 Å². The molecule has 0 bridgehead atoms. The third kappa shape index (κ3) is 3.82. The highest BCUT2D eigenvalue weighted by Gasteiger charge is 2.46. The predicted octanol–water partition coefficient (Wildman–Crippen LogP) is 6.00. The Hall–Kier alpha value is -3.06. The van der Waals surface area contributed by atoms with Gasteiger partial charge < -0.3 is 0 Å². The molecule has 0 saturated carbocycles. The van der Waals surface area contributed by atoms with Gasteiger partial charge in [0.05, 0.1) is 17.0 Å². The molecule has 8 heteroatoms. The highest BCUT2D eigenvalue weighted by molar-refractivity contribution is 7.92. The number of aryl methyl sites for hydroxylation is 1. The lowest BCUT2D eigenvalue weighted by Crippen LogP contribution is -2.33. The first kappa shape index (κ1) is 22.7. The van der Waals surface area contributed by atoms with Crippen molar-refractivity contribution in [3.63, 3.8) is 0 Å². The maximum Gasteiger partial charge on any atom is 0.266 e. The van der Waals surface area contributed by atoms with Crippen molar-refractivity contribution in [1.29, 1.82) is 0 Å². The Labute approximate surface area is 207 Å². The highest BCUT2D eigenvalue weighted by Crippen LogP contribution is 2.49. The van der Waals surface area contributed by atoms with Crippen LogP contribution in [0.15, 0.2) is 101 Å². The molecular formula is C26H20Cl2N2O3S. The van der Waals surface area contributed by atoms with E-state index in [-0.39, 0.29) is 10.5 Å². The van der Waals surface area contributed by atoms with Crippen molar-refractivity contribution < 1.29 is 8.42 Å². The van der Waals surface area contributed by atoms with E-state index in [0.29, 0.717) is 21.4 Å². The van der Waals surface area contributed by atoms with E-state index in [1.165, 1.54) is 14.9 Å². The van der Waals surface area contributed by atoms with Crippen molar-refractivity contribution in [2.24, 2.45) is 0 Å². The molecule has 1 aliphatic rings. The molecule has 0 amide bonds. The van der Waals surface area contributed by atoms with Crippen LogP contribution in [0.1, 0.15) is 28.8 Å². The summed E-state index contributed by atoms with van der Waals surface area (Å²) in [6.07, 6.45) is 0. The molecule has 5 rings (SSSR count). The van der Waals surface area contributed by atoms with Gasteiger partial charge in [0, 0.05) is 16.1 Å². The van der Waals surface area contributed by atoms with E-state index in [1.54, 1.807) is 66.7 Å². The van der Waals surface area contributed by atoms with Gasteiger partial charge in [-0.25, -0.2) is 12.7 Å². The summed E-state index contributed by atoms with van der Waals surface area (Å²) in [4.78, 5) is 13.3. The number of hydrogen-bond donors (Lipinski definition) is 0. The second-order valence-electron chi connectivity index (χ2n) is 8.20. The quantitative estimate of drug-likeness (QED) is 0.338. The van der Waals surface area contributed by atoms with Crippen molar-refractivity contribution in [2.75, 3.05) is 4.31 Å².